The number of furan rings is 2. The highest BCUT2D eigenvalue weighted by atomic mass is 35.5. The Morgan fingerprint density at radius 3 is 2.22 bits per heavy atom. The van der Waals surface area contributed by atoms with Crippen molar-refractivity contribution in [3.63, 3.8) is 0 Å². The summed E-state index contributed by atoms with van der Waals surface area (Å²) in [6, 6.07) is 26.4. The largest absolute Gasteiger partial charge is 0.456 e. The van der Waals surface area contributed by atoms with Gasteiger partial charge in [-0.3, -0.25) is 0 Å². The zero-order valence-corrected chi connectivity index (χ0v) is 15.0. The maximum absolute atomic E-state index is 6.11. The van der Waals surface area contributed by atoms with Crippen LogP contribution in [0.25, 0.3) is 55.0 Å². The van der Waals surface area contributed by atoms with Crippen LogP contribution in [0.3, 0.4) is 0 Å². The molecule has 0 unspecified atom stereocenters. The van der Waals surface area contributed by atoms with E-state index in [9.17, 15) is 0 Å². The molecule has 0 atom stereocenters. The van der Waals surface area contributed by atoms with Crippen molar-refractivity contribution in [3.05, 3.63) is 83.9 Å². The maximum Gasteiger partial charge on any atom is 0.136 e. The molecule has 128 valence electrons. The van der Waals surface area contributed by atoms with Crippen molar-refractivity contribution in [2.24, 2.45) is 0 Å². The number of hydrogen-bond acceptors (Lipinski definition) is 2. The number of fused-ring (bicyclic) bond motifs is 6. The molecule has 2 aromatic heterocycles. The molecule has 0 saturated heterocycles. The smallest absolute Gasteiger partial charge is 0.136 e. The van der Waals surface area contributed by atoms with Crippen molar-refractivity contribution in [2.45, 2.75) is 0 Å². The standard InChI is InChI=1S/C24H13ClO2/c25-15-9-11-18-17-10-8-14(12-22(17)27-23(18)13-15)16-5-3-7-21-24(16)19-4-1-2-6-20(19)26-21/h1-13H. The first-order valence-corrected chi connectivity index (χ1v) is 9.18. The lowest BCUT2D eigenvalue weighted by atomic mass is 9.98. The highest BCUT2D eigenvalue weighted by Gasteiger charge is 2.14. The average molecular weight is 369 g/mol. The summed E-state index contributed by atoms with van der Waals surface area (Å²) in [4.78, 5) is 0. The second kappa shape index (κ2) is 5.38. The Balaban J connectivity index is 1.66. The van der Waals surface area contributed by atoms with Gasteiger partial charge >= 0.3 is 0 Å². The number of halogens is 1. The molecule has 0 radical (unpaired) electrons. The molecule has 6 aromatic rings. The van der Waals surface area contributed by atoms with Gasteiger partial charge in [0, 0.05) is 32.6 Å². The molecular formula is C24H13ClO2. The summed E-state index contributed by atoms with van der Waals surface area (Å²) in [6.45, 7) is 0. The van der Waals surface area contributed by atoms with E-state index in [2.05, 4.69) is 30.3 Å². The monoisotopic (exact) mass is 368 g/mol. The van der Waals surface area contributed by atoms with E-state index in [0.717, 1.165) is 55.0 Å². The van der Waals surface area contributed by atoms with Crippen LogP contribution in [-0.4, -0.2) is 0 Å². The summed E-state index contributed by atoms with van der Waals surface area (Å²) < 4.78 is 12.1. The van der Waals surface area contributed by atoms with Crippen LogP contribution in [0.4, 0.5) is 0 Å². The number of rotatable bonds is 1. The van der Waals surface area contributed by atoms with Crippen molar-refractivity contribution < 1.29 is 8.83 Å². The zero-order chi connectivity index (χ0) is 18.0. The minimum atomic E-state index is 0.677. The fraction of sp³-hybridized carbons (Fsp3) is 0. The average Bonchev–Trinajstić information content (AvgIpc) is 3.24. The topological polar surface area (TPSA) is 26.3 Å². The molecule has 0 saturated carbocycles. The van der Waals surface area contributed by atoms with E-state index in [1.807, 2.05) is 48.5 Å². The van der Waals surface area contributed by atoms with Gasteiger partial charge < -0.3 is 8.83 Å². The number of hydrogen-bond donors (Lipinski definition) is 0. The molecule has 0 aliphatic rings. The second-order valence-corrected chi connectivity index (χ2v) is 7.17. The molecule has 0 amide bonds. The minimum absolute atomic E-state index is 0.677. The first-order chi connectivity index (χ1) is 13.3. The van der Waals surface area contributed by atoms with Gasteiger partial charge in [0.25, 0.3) is 0 Å². The van der Waals surface area contributed by atoms with Gasteiger partial charge in [-0.25, -0.2) is 0 Å². The van der Waals surface area contributed by atoms with Crippen molar-refractivity contribution >= 4 is 55.5 Å². The molecule has 0 bridgehead atoms. The van der Waals surface area contributed by atoms with Crippen LogP contribution in [0.1, 0.15) is 0 Å². The van der Waals surface area contributed by atoms with Gasteiger partial charge in [0.2, 0.25) is 0 Å². The molecule has 6 rings (SSSR count). The molecule has 0 N–H and O–H groups in total. The molecule has 3 heteroatoms. The van der Waals surface area contributed by atoms with Crippen LogP contribution in [0.5, 0.6) is 0 Å². The molecular weight excluding hydrogens is 356 g/mol. The Kier molecular flexibility index (Phi) is 2.97. The molecule has 0 spiro atoms. The molecule has 0 aliphatic carbocycles. The van der Waals surface area contributed by atoms with Gasteiger partial charge in [-0.2, -0.15) is 0 Å². The minimum Gasteiger partial charge on any atom is -0.456 e. The highest BCUT2D eigenvalue weighted by molar-refractivity contribution is 6.31. The quantitative estimate of drug-likeness (QED) is 0.296. The Morgan fingerprint density at radius 2 is 1.30 bits per heavy atom. The van der Waals surface area contributed by atoms with Gasteiger partial charge in [-0.15, -0.1) is 0 Å². The lowest BCUT2D eigenvalue weighted by molar-refractivity contribution is 0.668. The van der Waals surface area contributed by atoms with Crippen molar-refractivity contribution in [1.82, 2.24) is 0 Å². The first-order valence-electron chi connectivity index (χ1n) is 8.80. The lowest BCUT2D eigenvalue weighted by Gasteiger charge is -2.04. The van der Waals surface area contributed by atoms with Crippen LogP contribution in [0.15, 0.2) is 87.7 Å². The third kappa shape index (κ3) is 2.14. The van der Waals surface area contributed by atoms with E-state index in [1.165, 1.54) is 0 Å². The number of para-hydroxylation sites is 1. The summed E-state index contributed by atoms with van der Waals surface area (Å²) in [5.74, 6) is 0. The Bertz CT molecular complexity index is 1490. The third-order valence-electron chi connectivity index (χ3n) is 5.15. The van der Waals surface area contributed by atoms with E-state index in [0.29, 0.717) is 5.02 Å². The predicted octanol–water partition coefficient (Wildman–Crippen LogP) is 7.81. The van der Waals surface area contributed by atoms with E-state index in [4.69, 9.17) is 20.4 Å². The highest BCUT2D eigenvalue weighted by Crippen LogP contribution is 2.39. The molecule has 27 heavy (non-hydrogen) atoms. The Morgan fingerprint density at radius 1 is 0.556 bits per heavy atom. The predicted molar refractivity (Wildman–Crippen MR) is 111 cm³/mol. The molecule has 0 aliphatic heterocycles. The second-order valence-electron chi connectivity index (χ2n) is 6.73. The molecule has 2 nitrogen and oxygen atoms in total. The fourth-order valence-electron chi connectivity index (χ4n) is 3.93. The summed E-state index contributed by atoms with van der Waals surface area (Å²) in [7, 11) is 0. The van der Waals surface area contributed by atoms with E-state index in [1.54, 1.807) is 0 Å². The van der Waals surface area contributed by atoms with Gasteiger partial charge in [0.15, 0.2) is 0 Å². The Labute approximate surface area is 159 Å². The van der Waals surface area contributed by atoms with E-state index in [-0.39, 0.29) is 0 Å². The van der Waals surface area contributed by atoms with Crippen molar-refractivity contribution in [2.75, 3.05) is 0 Å². The van der Waals surface area contributed by atoms with Crippen molar-refractivity contribution in [1.29, 1.82) is 0 Å². The van der Waals surface area contributed by atoms with Crippen LogP contribution in [0, 0.1) is 0 Å². The van der Waals surface area contributed by atoms with Gasteiger partial charge in [0.05, 0.1) is 0 Å². The number of benzene rings is 4. The fourth-order valence-corrected chi connectivity index (χ4v) is 4.10. The summed E-state index contributed by atoms with van der Waals surface area (Å²) in [5, 5.41) is 5.10. The third-order valence-corrected chi connectivity index (χ3v) is 5.38. The van der Waals surface area contributed by atoms with Crippen LogP contribution < -0.4 is 0 Å². The summed E-state index contributed by atoms with van der Waals surface area (Å²) in [6.07, 6.45) is 0. The zero-order valence-electron chi connectivity index (χ0n) is 14.2. The maximum atomic E-state index is 6.11. The van der Waals surface area contributed by atoms with E-state index >= 15 is 0 Å². The normalized spacial score (nSPS) is 11.9. The van der Waals surface area contributed by atoms with Gasteiger partial charge in [-0.1, -0.05) is 48.0 Å². The molecule has 2 heterocycles. The van der Waals surface area contributed by atoms with Crippen LogP contribution >= 0.6 is 11.6 Å². The lowest BCUT2D eigenvalue weighted by Crippen LogP contribution is -1.79. The molecule has 4 aromatic carbocycles. The van der Waals surface area contributed by atoms with Crippen molar-refractivity contribution in [3.8, 4) is 11.1 Å². The van der Waals surface area contributed by atoms with Gasteiger partial charge in [0.1, 0.15) is 22.3 Å². The van der Waals surface area contributed by atoms with E-state index < -0.39 is 0 Å². The SMILES string of the molecule is Clc1ccc2c(c1)oc1cc(-c3cccc4oc5ccccc5c34)ccc12. The first kappa shape index (κ1) is 14.9. The summed E-state index contributed by atoms with van der Waals surface area (Å²) in [5.41, 5.74) is 5.70. The Hall–Kier alpha value is -3.23. The summed E-state index contributed by atoms with van der Waals surface area (Å²) >= 11 is 6.11. The van der Waals surface area contributed by atoms with Gasteiger partial charge in [-0.05, 0) is 47.5 Å². The van der Waals surface area contributed by atoms with Crippen LogP contribution in [-0.2, 0) is 0 Å². The van der Waals surface area contributed by atoms with Crippen LogP contribution in [0.2, 0.25) is 5.02 Å². The molecule has 0 fully saturated rings.